The van der Waals surface area contributed by atoms with E-state index in [2.05, 4.69) is 5.32 Å². The van der Waals surface area contributed by atoms with Gasteiger partial charge in [0.1, 0.15) is 12.4 Å². The molecule has 2 saturated heterocycles. The van der Waals surface area contributed by atoms with Crippen LogP contribution in [0.1, 0.15) is 31.2 Å². The number of halogens is 3. The molecule has 3 amide bonds. The molecule has 0 radical (unpaired) electrons. The van der Waals surface area contributed by atoms with Crippen LogP contribution in [0.2, 0.25) is 0 Å². The van der Waals surface area contributed by atoms with Crippen molar-refractivity contribution in [1.82, 2.24) is 15.1 Å². The summed E-state index contributed by atoms with van der Waals surface area (Å²) in [6.45, 7) is 3.23. The van der Waals surface area contributed by atoms with Gasteiger partial charge in [0.2, 0.25) is 5.91 Å². The Kier molecular flexibility index (Phi) is 6.87. The summed E-state index contributed by atoms with van der Waals surface area (Å²) in [5.74, 6) is 0.110. The van der Waals surface area contributed by atoms with E-state index >= 15 is 0 Å². The van der Waals surface area contributed by atoms with Crippen LogP contribution in [0.25, 0.3) is 0 Å². The summed E-state index contributed by atoms with van der Waals surface area (Å²) in [5.41, 5.74) is -0.729. The summed E-state index contributed by atoms with van der Waals surface area (Å²) in [5, 5.41) is 2.80. The fourth-order valence-electron chi connectivity index (χ4n) is 3.67. The van der Waals surface area contributed by atoms with Gasteiger partial charge in [-0.1, -0.05) is 0 Å². The molecule has 0 aliphatic carbocycles. The molecular weight excluding hydrogens is 387 g/mol. The second-order valence-electron chi connectivity index (χ2n) is 7.40. The van der Waals surface area contributed by atoms with Gasteiger partial charge in [0.25, 0.3) is 0 Å². The SMILES string of the molecule is O=C(NCCOc1ccc(C(F)(F)F)cc1)C1CCN(C(=O)N2CCCC2)CC1. The number of carbonyl (C=O) groups excluding carboxylic acids is 2. The highest BCUT2D eigenvalue weighted by molar-refractivity contribution is 5.79. The lowest BCUT2D eigenvalue weighted by molar-refractivity contribution is -0.137. The zero-order valence-corrected chi connectivity index (χ0v) is 16.2. The Bertz CT molecular complexity index is 695. The molecular formula is C20H26F3N3O3. The first-order valence-corrected chi connectivity index (χ1v) is 9.96. The average molecular weight is 413 g/mol. The third kappa shape index (κ3) is 5.77. The molecule has 2 heterocycles. The van der Waals surface area contributed by atoms with Crippen molar-refractivity contribution in [1.29, 1.82) is 0 Å². The first-order valence-electron chi connectivity index (χ1n) is 9.96. The molecule has 0 unspecified atom stereocenters. The molecule has 6 nitrogen and oxygen atoms in total. The van der Waals surface area contributed by atoms with Crippen LogP contribution >= 0.6 is 0 Å². The van der Waals surface area contributed by atoms with Gasteiger partial charge in [-0.05, 0) is 49.9 Å². The van der Waals surface area contributed by atoms with Gasteiger partial charge >= 0.3 is 12.2 Å². The standard InChI is InChI=1S/C20H26F3N3O3/c21-20(22,23)16-3-5-17(6-4-16)29-14-9-24-18(27)15-7-12-26(13-8-15)19(28)25-10-1-2-11-25/h3-6,15H,1-2,7-14H2,(H,24,27). The van der Waals surface area contributed by atoms with Crippen LogP contribution < -0.4 is 10.1 Å². The highest BCUT2D eigenvalue weighted by Gasteiger charge is 2.31. The van der Waals surface area contributed by atoms with Crippen molar-refractivity contribution in [3.8, 4) is 5.75 Å². The predicted molar refractivity (Wildman–Crippen MR) is 100 cm³/mol. The first kappa shape index (κ1) is 21.3. The molecule has 0 bridgehead atoms. The van der Waals surface area contributed by atoms with Crippen LogP contribution in [0.5, 0.6) is 5.75 Å². The average Bonchev–Trinajstić information content (AvgIpc) is 3.25. The topological polar surface area (TPSA) is 61.9 Å². The summed E-state index contributed by atoms with van der Waals surface area (Å²) in [6.07, 6.45) is -1.00. The molecule has 2 aliphatic rings. The molecule has 0 aromatic heterocycles. The van der Waals surface area contributed by atoms with E-state index in [0.717, 1.165) is 38.1 Å². The van der Waals surface area contributed by atoms with Crippen LogP contribution in [-0.4, -0.2) is 61.1 Å². The molecule has 1 N–H and O–H groups in total. The predicted octanol–water partition coefficient (Wildman–Crippen LogP) is 3.13. The lowest BCUT2D eigenvalue weighted by Gasteiger charge is -2.34. The number of hydrogen-bond donors (Lipinski definition) is 1. The van der Waals surface area contributed by atoms with Gasteiger partial charge < -0.3 is 19.9 Å². The molecule has 2 aliphatic heterocycles. The van der Waals surface area contributed by atoms with Crippen LogP contribution in [0, 0.1) is 5.92 Å². The number of urea groups is 1. The normalized spacial score (nSPS) is 18.0. The number of nitrogens with zero attached hydrogens (tertiary/aromatic N) is 2. The van der Waals surface area contributed by atoms with Gasteiger partial charge in [-0.3, -0.25) is 4.79 Å². The van der Waals surface area contributed by atoms with Crippen molar-refractivity contribution in [2.75, 3.05) is 39.3 Å². The van der Waals surface area contributed by atoms with Gasteiger partial charge in [0.15, 0.2) is 0 Å². The summed E-state index contributed by atoms with van der Waals surface area (Å²) in [6, 6.07) is 4.53. The summed E-state index contributed by atoms with van der Waals surface area (Å²) >= 11 is 0. The number of benzene rings is 1. The summed E-state index contributed by atoms with van der Waals surface area (Å²) in [7, 11) is 0. The molecule has 1 aromatic rings. The lowest BCUT2D eigenvalue weighted by Crippen LogP contribution is -2.48. The Labute approximate surface area is 168 Å². The minimum Gasteiger partial charge on any atom is -0.492 e. The highest BCUT2D eigenvalue weighted by Crippen LogP contribution is 2.30. The molecule has 0 spiro atoms. The Hall–Kier alpha value is -2.45. The molecule has 2 fully saturated rings. The number of carbonyl (C=O) groups is 2. The fourth-order valence-corrected chi connectivity index (χ4v) is 3.67. The van der Waals surface area contributed by atoms with Crippen LogP contribution in [0.3, 0.4) is 0 Å². The van der Waals surface area contributed by atoms with E-state index in [4.69, 9.17) is 4.74 Å². The van der Waals surface area contributed by atoms with Gasteiger partial charge in [0.05, 0.1) is 12.1 Å². The van der Waals surface area contributed by atoms with E-state index in [1.54, 1.807) is 0 Å². The maximum absolute atomic E-state index is 12.5. The zero-order valence-electron chi connectivity index (χ0n) is 16.2. The Balaban J connectivity index is 1.33. The van der Waals surface area contributed by atoms with Crippen molar-refractivity contribution >= 4 is 11.9 Å². The molecule has 160 valence electrons. The Morgan fingerprint density at radius 1 is 1.00 bits per heavy atom. The van der Waals surface area contributed by atoms with Crippen molar-refractivity contribution in [2.45, 2.75) is 31.9 Å². The van der Waals surface area contributed by atoms with E-state index in [9.17, 15) is 22.8 Å². The third-order valence-corrected chi connectivity index (χ3v) is 5.36. The van der Waals surface area contributed by atoms with Gasteiger partial charge in [-0.2, -0.15) is 13.2 Å². The van der Waals surface area contributed by atoms with Crippen LogP contribution in [0.15, 0.2) is 24.3 Å². The van der Waals surface area contributed by atoms with E-state index in [-0.39, 0.29) is 31.0 Å². The fraction of sp³-hybridized carbons (Fsp3) is 0.600. The number of piperidine rings is 1. The van der Waals surface area contributed by atoms with Crippen molar-refractivity contribution in [2.24, 2.45) is 5.92 Å². The Morgan fingerprint density at radius 2 is 1.59 bits per heavy atom. The summed E-state index contributed by atoms with van der Waals surface area (Å²) in [4.78, 5) is 28.4. The third-order valence-electron chi connectivity index (χ3n) is 5.36. The minimum atomic E-state index is -4.37. The van der Waals surface area contributed by atoms with Gasteiger partial charge in [-0.15, -0.1) is 0 Å². The maximum atomic E-state index is 12.5. The second-order valence-corrected chi connectivity index (χ2v) is 7.40. The molecule has 3 rings (SSSR count). The zero-order chi connectivity index (χ0) is 20.9. The number of nitrogens with one attached hydrogen (secondary N) is 1. The van der Waals surface area contributed by atoms with E-state index in [1.165, 1.54) is 12.1 Å². The van der Waals surface area contributed by atoms with E-state index in [1.807, 2.05) is 9.80 Å². The molecule has 29 heavy (non-hydrogen) atoms. The monoisotopic (exact) mass is 413 g/mol. The van der Waals surface area contributed by atoms with Crippen molar-refractivity contribution in [3.05, 3.63) is 29.8 Å². The van der Waals surface area contributed by atoms with Crippen LogP contribution in [-0.2, 0) is 11.0 Å². The molecule has 9 heteroatoms. The minimum absolute atomic E-state index is 0.0747. The molecule has 0 saturated carbocycles. The van der Waals surface area contributed by atoms with E-state index in [0.29, 0.717) is 31.7 Å². The number of ether oxygens (including phenoxy) is 1. The Morgan fingerprint density at radius 3 is 2.17 bits per heavy atom. The maximum Gasteiger partial charge on any atom is 0.416 e. The number of rotatable bonds is 5. The first-order chi connectivity index (χ1) is 13.8. The second kappa shape index (κ2) is 9.37. The molecule has 0 atom stereocenters. The van der Waals surface area contributed by atoms with Gasteiger partial charge in [0, 0.05) is 32.1 Å². The smallest absolute Gasteiger partial charge is 0.416 e. The number of likely N-dealkylation sites (tertiary alicyclic amines) is 2. The highest BCUT2D eigenvalue weighted by atomic mass is 19.4. The van der Waals surface area contributed by atoms with E-state index < -0.39 is 11.7 Å². The van der Waals surface area contributed by atoms with Crippen molar-refractivity contribution in [3.63, 3.8) is 0 Å². The number of amides is 3. The largest absolute Gasteiger partial charge is 0.492 e. The quantitative estimate of drug-likeness (QED) is 0.755. The summed E-state index contributed by atoms with van der Waals surface area (Å²) < 4.78 is 43.0. The molecule has 1 aromatic carbocycles. The van der Waals surface area contributed by atoms with Gasteiger partial charge in [-0.25, -0.2) is 4.79 Å². The number of hydrogen-bond acceptors (Lipinski definition) is 3. The lowest BCUT2D eigenvalue weighted by atomic mass is 9.96. The van der Waals surface area contributed by atoms with Crippen LogP contribution in [0.4, 0.5) is 18.0 Å². The van der Waals surface area contributed by atoms with Crippen molar-refractivity contribution < 1.29 is 27.5 Å². The number of alkyl halides is 3.